The summed E-state index contributed by atoms with van der Waals surface area (Å²) in [5.74, 6) is -1.09. The van der Waals surface area contributed by atoms with Crippen LogP contribution >= 0.6 is 0 Å². The Balaban J connectivity index is 1.76. The second-order valence-corrected chi connectivity index (χ2v) is 6.35. The molecule has 1 aliphatic heterocycles. The van der Waals surface area contributed by atoms with Crippen LogP contribution < -0.4 is 4.74 Å². The van der Waals surface area contributed by atoms with E-state index in [-0.39, 0.29) is 24.8 Å². The Hall–Kier alpha value is -2.89. The zero-order valence-corrected chi connectivity index (χ0v) is 14.7. The van der Waals surface area contributed by atoms with Crippen molar-refractivity contribution in [3.63, 3.8) is 0 Å². The summed E-state index contributed by atoms with van der Waals surface area (Å²) in [6.45, 7) is 3.05. The van der Waals surface area contributed by atoms with Gasteiger partial charge in [-0.3, -0.25) is 14.6 Å². The zero-order valence-electron chi connectivity index (χ0n) is 14.7. The lowest BCUT2D eigenvalue weighted by atomic mass is 9.90. The molecule has 3 rings (SSSR count). The fraction of sp³-hybridized carbons (Fsp3) is 0.350. The topological polar surface area (TPSA) is 79.7 Å². The molecule has 1 aliphatic rings. The van der Waals surface area contributed by atoms with E-state index in [1.54, 1.807) is 17.3 Å². The largest absolute Gasteiger partial charge is 0.494 e. The van der Waals surface area contributed by atoms with Gasteiger partial charge in [0, 0.05) is 37.0 Å². The maximum atomic E-state index is 12.8. The summed E-state index contributed by atoms with van der Waals surface area (Å²) >= 11 is 0. The number of carbonyl (C=O) groups is 2. The van der Waals surface area contributed by atoms with Gasteiger partial charge >= 0.3 is 5.97 Å². The molecule has 136 valence electrons. The lowest BCUT2D eigenvalue weighted by Crippen LogP contribution is -2.31. The lowest BCUT2D eigenvalue weighted by molar-refractivity contribution is -0.141. The summed E-state index contributed by atoms with van der Waals surface area (Å²) in [5, 5.41) is 9.57. The van der Waals surface area contributed by atoms with E-state index < -0.39 is 11.9 Å². The van der Waals surface area contributed by atoms with Crippen molar-refractivity contribution in [1.29, 1.82) is 0 Å². The molecule has 0 spiro atoms. The molecule has 1 aromatic carbocycles. The SMILES string of the molecule is CCOc1ccccc1CC(=O)N1C[C@H](C(=O)O)[C@@H](c2ccncc2)C1. The molecule has 2 atom stereocenters. The van der Waals surface area contributed by atoms with Crippen molar-refractivity contribution in [3.05, 3.63) is 59.9 Å². The molecule has 0 radical (unpaired) electrons. The van der Waals surface area contributed by atoms with Gasteiger partial charge in [-0.15, -0.1) is 0 Å². The molecule has 1 amide bonds. The smallest absolute Gasteiger partial charge is 0.308 e. The van der Waals surface area contributed by atoms with Crippen molar-refractivity contribution in [3.8, 4) is 5.75 Å². The normalized spacial score (nSPS) is 19.3. The average Bonchev–Trinajstić information content (AvgIpc) is 3.10. The number of carboxylic acid groups (broad SMARTS) is 1. The molecule has 0 saturated carbocycles. The number of hydrogen-bond acceptors (Lipinski definition) is 4. The second-order valence-electron chi connectivity index (χ2n) is 6.35. The van der Waals surface area contributed by atoms with Crippen LogP contribution in [-0.2, 0) is 16.0 Å². The predicted octanol–water partition coefficient (Wildman–Crippen LogP) is 2.35. The molecule has 26 heavy (non-hydrogen) atoms. The van der Waals surface area contributed by atoms with Crippen LogP contribution in [0.1, 0.15) is 24.0 Å². The Morgan fingerprint density at radius 3 is 2.62 bits per heavy atom. The third kappa shape index (κ3) is 3.85. The molecule has 2 aromatic rings. The number of aromatic nitrogens is 1. The predicted molar refractivity (Wildman–Crippen MR) is 96.0 cm³/mol. The number of nitrogens with zero attached hydrogens (tertiary/aromatic N) is 2. The first kappa shape index (κ1) is 17.9. The van der Waals surface area contributed by atoms with Crippen LogP contribution in [0.25, 0.3) is 0 Å². The Morgan fingerprint density at radius 2 is 1.92 bits per heavy atom. The third-order valence-corrected chi connectivity index (χ3v) is 4.74. The van der Waals surface area contributed by atoms with E-state index in [1.165, 1.54) is 0 Å². The highest BCUT2D eigenvalue weighted by molar-refractivity contribution is 5.82. The first-order chi connectivity index (χ1) is 12.6. The van der Waals surface area contributed by atoms with E-state index in [4.69, 9.17) is 4.74 Å². The first-order valence-corrected chi connectivity index (χ1v) is 8.71. The molecule has 1 N–H and O–H groups in total. The Morgan fingerprint density at radius 1 is 1.19 bits per heavy atom. The second kappa shape index (κ2) is 7.99. The highest BCUT2D eigenvalue weighted by atomic mass is 16.5. The number of likely N-dealkylation sites (tertiary alicyclic amines) is 1. The number of para-hydroxylation sites is 1. The Bertz CT molecular complexity index is 778. The van der Waals surface area contributed by atoms with Gasteiger partial charge in [0.15, 0.2) is 0 Å². The molecule has 1 fully saturated rings. The molecular formula is C20H22N2O4. The van der Waals surface area contributed by atoms with Crippen molar-refractivity contribution in [1.82, 2.24) is 9.88 Å². The van der Waals surface area contributed by atoms with E-state index in [0.717, 1.165) is 11.1 Å². The quantitative estimate of drug-likeness (QED) is 0.861. The van der Waals surface area contributed by atoms with E-state index in [2.05, 4.69) is 4.98 Å². The number of pyridine rings is 1. The number of rotatable bonds is 6. The molecule has 0 unspecified atom stereocenters. The molecule has 0 aliphatic carbocycles. The number of hydrogen-bond donors (Lipinski definition) is 1. The fourth-order valence-electron chi connectivity index (χ4n) is 3.43. The maximum Gasteiger partial charge on any atom is 0.308 e. The van der Waals surface area contributed by atoms with Crippen molar-refractivity contribution in [2.75, 3.05) is 19.7 Å². The van der Waals surface area contributed by atoms with Crippen LogP contribution in [0, 0.1) is 5.92 Å². The van der Waals surface area contributed by atoms with Gasteiger partial charge in [0.1, 0.15) is 5.75 Å². The van der Waals surface area contributed by atoms with Gasteiger partial charge in [0.2, 0.25) is 5.91 Å². The van der Waals surface area contributed by atoms with Crippen LogP contribution in [0.2, 0.25) is 0 Å². The third-order valence-electron chi connectivity index (χ3n) is 4.74. The van der Waals surface area contributed by atoms with E-state index in [0.29, 0.717) is 18.9 Å². The maximum absolute atomic E-state index is 12.8. The fourth-order valence-corrected chi connectivity index (χ4v) is 3.43. The van der Waals surface area contributed by atoms with E-state index in [9.17, 15) is 14.7 Å². The van der Waals surface area contributed by atoms with Gasteiger partial charge in [0.05, 0.1) is 18.9 Å². The van der Waals surface area contributed by atoms with Crippen LogP contribution in [0.3, 0.4) is 0 Å². The van der Waals surface area contributed by atoms with Crippen molar-refractivity contribution < 1.29 is 19.4 Å². The summed E-state index contributed by atoms with van der Waals surface area (Å²) in [5.41, 5.74) is 1.72. The van der Waals surface area contributed by atoms with Crippen molar-refractivity contribution >= 4 is 11.9 Å². The summed E-state index contributed by atoms with van der Waals surface area (Å²) in [6, 6.07) is 11.1. The standard InChI is InChI=1S/C20H22N2O4/c1-2-26-18-6-4-3-5-15(18)11-19(23)22-12-16(17(13-22)20(24)25)14-7-9-21-10-8-14/h3-10,16-17H,2,11-13H2,1H3,(H,24,25)/t16-,17+/m1/s1. The molecule has 6 heteroatoms. The van der Waals surface area contributed by atoms with Gasteiger partial charge < -0.3 is 14.7 Å². The van der Waals surface area contributed by atoms with Gasteiger partial charge in [-0.1, -0.05) is 18.2 Å². The van der Waals surface area contributed by atoms with Crippen LogP contribution in [-0.4, -0.2) is 46.6 Å². The van der Waals surface area contributed by atoms with Crippen molar-refractivity contribution in [2.45, 2.75) is 19.3 Å². The highest BCUT2D eigenvalue weighted by Crippen LogP contribution is 2.33. The number of carboxylic acids is 1. The van der Waals surface area contributed by atoms with E-state index in [1.807, 2.05) is 43.3 Å². The molecule has 1 saturated heterocycles. The zero-order chi connectivity index (χ0) is 18.5. The van der Waals surface area contributed by atoms with Crippen molar-refractivity contribution in [2.24, 2.45) is 5.92 Å². The summed E-state index contributed by atoms with van der Waals surface area (Å²) in [6.07, 6.45) is 3.50. The minimum atomic E-state index is -0.878. The highest BCUT2D eigenvalue weighted by Gasteiger charge is 2.40. The van der Waals surface area contributed by atoms with Gasteiger partial charge in [-0.25, -0.2) is 0 Å². The summed E-state index contributed by atoms with van der Waals surface area (Å²) < 4.78 is 5.58. The van der Waals surface area contributed by atoms with Gasteiger partial charge in [-0.2, -0.15) is 0 Å². The number of amides is 1. The van der Waals surface area contributed by atoms with Crippen LogP contribution in [0.5, 0.6) is 5.75 Å². The summed E-state index contributed by atoms with van der Waals surface area (Å²) in [7, 11) is 0. The first-order valence-electron chi connectivity index (χ1n) is 8.71. The number of carbonyl (C=O) groups excluding carboxylic acids is 1. The minimum absolute atomic E-state index is 0.0834. The number of aliphatic carboxylic acids is 1. The molecular weight excluding hydrogens is 332 g/mol. The Labute approximate surface area is 152 Å². The lowest BCUT2D eigenvalue weighted by Gasteiger charge is -2.17. The molecule has 0 bridgehead atoms. The number of ether oxygens (including phenoxy) is 1. The summed E-state index contributed by atoms with van der Waals surface area (Å²) in [4.78, 5) is 30.1. The average molecular weight is 354 g/mol. The van der Waals surface area contributed by atoms with Crippen LogP contribution in [0.15, 0.2) is 48.8 Å². The minimum Gasteiger partial charge on any atom is -0.494 e. The molecule has 2 heterocycles. The van der Waals surface area contributed by atoms with E-state index >= 15 is 0 Å². The van der Waals surface area contributed by atoms with Gasteiger partial charge in [0.25, 0.3) is 0 Å². The molecule has 1 aromatic heterocycles. The molecule has 6 nitrogen and oxygen atoms in total. The number of benzene rings is 1. The van der Waals surface area contributed by atoms with Gasteiger partial charge in [-0.05, 0) is 30.7 Å². The Kier molecular flexibility index (Phi) is 5.51. The monoisotopic (exact) mass is 354 g/mol. The van der Waals surface area contributed by atoms with Crippen LogP contribution in [0.4, 0.5) is 0 Å².